The molecule has 1 N–H and O–H groups in total. The van der Waals surface area contributed by atoms with Crippen LogP contribution in [0, 0.1) is 0 Å². The molecule has 2 heterocycles. The number of fused-ring (bicyclic) bond motifs is 2. The summed E-state index contributed by atoms with van der Waals surface area (Å²) in [7, 11) is 1.64. The second-order valence-electron chi connectivity index (χ2n) is 5.72. The second kappa shape index (κ2) is 5.95. The van der Waals surface area contributed by atoms with Crippen molar-refractivity contribution in [3.05, 3.63) is 52.0 Å². The van der Waals surface area contributed by atoms with Crippen molar-refractivity contribution in [2.45, 2.75) is 12.5 Å². The zero-order valence-electron chi connectivity index (χ0n) is 12.9. The molecule has 2 aliphatic rings. The molecule has 4 rings (SSSR count). The predicted molar refractivity (Wildman–Crippen MR) is 89.0 cm³/mol. The molecule has 1 atom stereocenters. The van der Waals surface area contributed by atoms with E-state index < -0.39 is 0 Å². The van der Waals surface area contributed by atoms with E-state index in [-0.39, 0.29) is 6.04 Å². The molecular weight excluding hydrogens is 314 g/mol. The molecule has 0 spiro atoms. The molecule has 2 aromatic rings. The maximum absolute atomic E-state index is 6.48. The lowest BCUT2D eigenvalue weighted by Gasteiger charge is -2.30. The van der Waals surface area contributed by atoms with Gasteiger partial charge in [0.25, 0.3) is 0 Å². The molecule has 5 heteroatoms. The maximum Gasteiger partial charge on any atom is 0.161 e. The SMILES string of the molecule is COc1ccc(C2NCCc3cc4c(cc32)OCCO4)c(Cl)c1. The number of benzene rings is 2. The Morgan fingerprint density at radius 3 is 2.61 bits per heavy atom. The van der Waals surface area contributed by atoms with Crippen LogP contribution in [0.2, 0.25) is 5.02 Å². The average Bonchev–Trinajstić information content (AvgIpc) is 2.59. The standard InChI is InChI=1S/C18H18ClNO3/c1-21-12-2-3-13(15(19)9-12)18-14-10-17-16(22-6-7-23-17)8-11(14)4-5-20-18/h2-3,8-10,18,20H,4-7H2,1H3. The summed E-state index contributed by atoms with van der Waals surface area (Å²) < 4.78 is 16.7. The predicted octanol–water partition coefficient (Wildman–Crippen LogP) is 3.35. The van der Waals surface area contributed by atoms with Crippen molar-refractivity contribution in [2.75, 3.05) is 26.9 Å². The number of hydrogen-bond acceptors (Lipinski definition) is 4. The van der Waals surface area contributed by atoms with Crippen molar-refractivity contribution in [1.29, 1.82) is 0 Å². The molecule has 0 saturated heterocycles. The fourth-order valence-electron chi connectivity index (χ4n) is 3.24. The average molecular weight is 332 g/mol. The van der Waals surface area contributed by atoms with Crippen LogP contribution in [-0.4, -0.2) is 26.9 Å². The van der Waals surface area contributed by atoms with E-state index in [2.05, 4.69) is 17.4 Å². The number of hydrogen-bond donors (Lipinski definition) is 1. The van der Waals surface area contributed by atoms with Gasteiger partial charge in [-0.1, -0.05) is 17.7 Å². The second-order valence-corrected chi connectivity index (χ2v) is 6.13. The van der Waals surface area contributed by atoms with Crippen molar-refractivity contribution in [3.8, 4) is 17.2 Å². The summed E-state index contributed by atoms with van der Waals surface area (Å²) in [5.74, 6) is 2.42. The first-order chi connectivity index (χ1) is 11.3. The van der Waals surface area contributed by atoms with E-state index in [0.29, 0.717) is 18.2 Å². The topological polar surface area (TPSA) is 39.7 Å². The van der Waals surface area contributed by atoms with Gasteiger partial charge in [-0.05, 0) is 47.4 Å². The normalized spacial score (nSPS) is 19.1. The van der Waals surface area contributed by atoms with Gasteiger partial charge in [0.1, 0.15) is 19.0 Å². The van der Waals surface area contributed by atoms with Crippen molar-refractivity contribution >= 4 is 11.6 Å². The van der Waals surface area contributed by atoms with E-state index in [1.165, 1.54) is 11.1 Å². The van der Waals surface area contributed by atoms with Gasteiger partial charge >= 0.3 is 0 Å². The number of halogens is 1. The number of methoxy groups -OCH3 is 1. The smallest absolute Gasteiger partial charge is 0.161 e. The van der Waals surface area contributed by atoms with Crippen LogP contribution in [0.5, 0.6) is 17.2 Å². The van der Waals surface area contributed by atoms with E-state index >= 15 is 0 Å². The zero-order valence-corrected chi connectivity index (χ0v) is 13.7. The molecule has 0 aromatic heterocycles. The summed E-state index contributed by atoms with van der Waals surface area (Å²) in [6.45, 7) is 2.10. The molecule has 120 valence electrons. The monoisotopic (exact) mass is 331 g/mol. The Labute approximate surface area is 140 Å². The third-order valence-corrected chi connectivity index (χ3v) is 4.70. The molecular formula is C18H18ClNO3. The molecule has 0 radical (unpaired) electrons. The van der Waals surface area contributed by atoms with Gasteiger partial charge in [0.05, 0.1) is 13.2 Å². The lowest BCUT2D eigenvalue weighted by atomic mass is 9.89. The van der Waals surface area contributed by atoms with Crippen molar-refractivity contribution in [3.63, 3.8) is 0 Å². The Kier molecular flexibility index (Phi) is 3.79. The van der Waals surface area contributed by atoms with Gasteiger partial charge in [-0.2, -0.15) is 0 Å². The molecule has 23 heavy (non-hydrogen) atoms. The minimum atomic E-state index is 0.0491. The van der Waals surface area contributed by atoms with Crippen LogP contribution >= 0.6 is 11.6 Å². The number of nitrogens with one attached hydrogen (secondary N) is 1. The quantitative estimate of drug-likeness (QED) is 0.916. The van der Waals surface area contributed by atoms with E-state index in [1.807, 2.05) is 18.2 Å². The minimum absolute atomic E-state index is 0.0491. The highest BCUT2D eigenvalue weighted by molar-refractivity contribution is 6.31. The third-order valence-electron chi connectivity index (χ3n) is 4.38. The number of ether oxygens (including phenoxy) is 3. The van der Waals surface area contributed by atoms with Crippen LogP contribution in [0.15, 0.2) is 30.3 Å². The number of rotatable bonds is 2. The highest BCUT2D eigenvalue weighted by Crippen LogP contribution is 2.40. The summed E-state index contributed by atoms with van der Waals surface area (Å²) in [5, 5.41) is 4.25. The molecule has 2 aromatic carbocycles. The van der Waals surface area contributed by atoms with Gasteiger partial charge in [-0.15, -0.1) is 0 Å². The van der Waals surface area contributed by atoms with Crippen LogP contribution < -0.4 is 19.5 Å². The van der Waals surface area contributed by atoms with Crippen LogP contribution in [0.25, 0.3) is 0 Å². The summed E-state index contributed by atoms with van der Waals surface area (Å²) in [6, 6.07) is 10.1. The molecule has 0 amide bonds. The summed E-state index contributed by atoms with van der Waals surface area (Å²) >= 11 is 6.48. The fraction of sp³-hybridized carbons (Fsp3) is 0.333. The van der Waals surface area contributed by atoms with E-state index in [1.54, 1.807) is 7.11 Å². The summed E-state index contributed by atoms with van der Waals surface area (Å²) in [4.78, 5) is 0. The van der Waals surface area contributed by atoms with Crippen molar-refractivity contribution in [2.24, 2.45) is 0 Å². The first-order valence-electron chi connectivity index (χ1n) is 7.75. The molecule has 0 fully saturated rings. The van der Waals surface area contributed by atoms with Gasteiger partial charge in [0.2, 0.25) is 0 Å². The van der Waals surface area contributed by atoms with Crippen molar-refractivity contribution < 1.29 is 14.2 Å². The van der Waals surface area contributed by atoms with Gasteiger partial charge < -0.3 is 19.5 Å². The van der Waals surface area contributed by atoms with E-state index in [4.69, 9.17) is 25.8 Å². The molecule has 0 aliphatic carbocycles. The Bertz CT molecular complexity index is 747. The summed E-state index contributed by atoms with van der Waals surface area (Å²) in [5.41, 5.74) is 3.53. The van der Waals surface area contributed by atoms with Crippen LogP contribution in [0.4, 0.5) is 0 Å². The first-order valence-corrected chi connectivity index (χ1v) is 8.13. The Hall–Kier alpha value is -1.91. The van der Waals surface area contributed by atoms with Crippen LogP contribution in [0.3, 0.4) is 0 Å². The molecule has 0 saturated carbocycles. The van der Waals surface area contributed by atoms with E-state index in [9.17, 15) is 0 Å². The van der Waals surface area contributed by atoms with Crippen LogP contribution in [0.1, 0.15) is 22.7 Å². The third kappa shape index (κ3) is 2.62. The molecule has 0 bridgehead atoms. The van der Waals surface area contributed by atoms with Gasteiger partial charge in [-0.3, -0.25) is 0 Å². The van der Waals surface area contributed by atoms with Crippen molar-refractivity contribution in [1.82, 2.24) is 5.32 Å². The van der Waals surface area contributed by atoms with E-state index in [0.717, 1.165) is 35.8 Å². The lowest BCUT2D eigenvalue weighted by molar-refractivity contribution is 0.171. The lowest BCUT2D eigenvalue weighted by Crippen LogP contribution is -2.31. The van der Waals surface area contributed by atoms with Gasteiger partial charge in [-0.25, -0.2) is 0 Å². The highest BCUT2D eigenvalue weighted by atomic mass is 35.5. The highest BCUT2D eigenvalue weighted by Gasteiger charge is 2.26. The molecule has 1 unspecified atom stereocenters. The fourth-order valence-corrected chi connectivity index (χ4v) is 3.52. The van der Waals surface area contributed by atoms with Crippen LogP contribution in [-0.2, 0) is 6.42 Å². The largest absolute Gasteiger partial charge is 0.497 e. The Balaban J connectivity index is 1.78. The van der Waals surface area contributed by atoms with Gasteiger partial charge in [0.15, 0.2) is 11.5 Å². The zero-order chi connectivity index (χ0) is 15.8. The van der Waals surface area contributed by atoms with Gasteiger partial charge in [0, 0.05) is 11.6 Å². The minimum Gasteiger partial charge on any atom is -0.497 e. The Morgan fingerprint density at radius 1 is 1.09 bits per heavy atom. The first kappa shape index (κ1) is 14.7. The molecule has 2 aliphatic heterocycles. The summed E-state index contributed by atoms with van der Waals surface area (Å²) in [6.07, 6.45) is 0.968. The Morgan fingerprint density at radius 2 is 1.87 bits per heavy atom. The maximum atomic E-state index is 6.48. The molecule has 4 nitrogen and oxygen atoms in total.